The maximum Gasteiger partial charge on any atom is 0.328 e. The van der Waals surface area contributed by atoms with Gasteiger partial charge in [0, 0.05) is 17.2 Å². The molecule has 160 valence electrons. The molecule has 30 heavy (non-hydrogen) atoms. The van der Waals surface area contributed by atoms with Gasteiger partial charge in [-0.3, -0.25) is 14.9 Å². The number of amides is 1. The molecule has 2 aromatic carbocycles. The van der Waals surface area contributed by atoms with Gasteiger partial charge in [0.1, 0.15) is 11.8 Å². The molecule has 9 nitrogen and oxygen atoms in total. The third-order valence-electron chi connectivity index (χ3n) is 4.08. The van der Waals surface area contributed by atoms with Crippen LogP contribution in [0.5, 0.6) is 5.75 Å². The van der Waals surface area contributed by atoms with E-state index in [0.717, 1.165) is 12.5 Å². The highest BCUT2D eigenvalue weighted by molar-refractivity contribution is 6.34. The summed E-state index contributed by atoms with van der Waals surface area (Å²) in [5, 5.41) is 13.5. The number of benzene rings is 2. The molecule has 1 atom stereocenters. The van der Waals surface area contributed by atoms with E-state index in [1.54, 1.807) is 0 Å². The molecule has 2 aromatic rings. The number of nitrogens with zero attached hydrogens (tertiary/aromatic N) is 1. The molecule has 0 saturated carbocycles. The van der Waals surface area contributed by atoms with E-state index in [1.807, 2.05) is 0 Å². The van der Waals surface area contributed by atoms with Crippen LogP contribution in [0.3, 0.4) is 0 Å². The number of hydrogen-bond acceptors (Lipinski definition) is 7. The molecule has 5 N–H and O–H groups in total. The van der Waals surface area contributed by atoms with Gasteiger partial charge in [-0.25, -0.2) is 4.79 Å². The topological polar surface area (TPSA) is 151 Å². The zero-order valence-electron chi connectivity index (χ0n) is 15.8. The molecule has 0 saturated heterocycles. The van der Waals surface area contributed by atoms with Crippen LogP contribution in [0.25, 0.3) is 0 Å². The number of halogens is 2. The van der Waals surface area contributed by atoms with Gasteiger partial charge >= 0.3 is 5.97 Å². The van der Waals surface area contributed by atoms with Gasteiger partial charge in [-0.05, 0) is 43.7 Å². The Balaban J connectivity index is 2.19. The summed E-state index contributed by atoms with van der Waals surface area (Å²) < 4.78 is 5.30. The smallest absolute Gasteiger partial charge is 0.328 e. The van der Waals surface area contributed by atoms with Gasteiger partial charge in [-0.1, -0.05) is 29.6 Å². The van der Waals surface area contributed by atoms with Crippen LogP contribution >= 0.6 is 23.2 Å². The molecule has 0 radical (unpaired) electrons. The van der Waals surface area contributed by atoms with E-state index in [4.69, 9.17) is 39.4 Å². The highest BCUT2D eigenvalue weighted by atomic mass is 35.5. The highest BCUT2D eigenvalue weighted by Crippen LogP contribution is 2.29. The maximum absolute atomic E-state index is 12.7. The van der Waals surface area contributed by atoms with Crippen molar-refractivity contribution in [3.63, 3.8) is 0 Å². The van der Waals surface area contributed by atoms with Crippen molar-refractivity contribution in [1.29, 1.82) is 0 Å². The van der Waals surface area contributed by atoms with Gasteiger partial charge in [-0.2, -0.15) is 0 Å². The van der Waals surface area contributed by atoms with Crippen molar-refractivity contribution < 1.29 is 19.2 Å². The van der Waals surface area contributed by atoms with E-state index < -0.39 is 22.8 Å². The monoisotopic (exact) mass is 454 g/mol. The minimum absolute atomic E-state index is 0.0277. The SMILES string of the molecule is NCCCC[C@H](N)C(=O)Oc1ccc(Cl)cc1C(=O)Nc1ccc([N+](=O)[O-])cc1Cl. The Morgan fingerprint density at radius 2 is 1.90 bits per heavy atom. The van der Waals surface area contributed by atoms with Gasteiger partial charge < -0.3 is 21.5 Å². The van der Waals surface area contributed by atoms with E-state index >= 15 is 0 Å². The van der Waals surface area contributed by atoms with Crippen LogP contribution in [-0.2, 0) is 4.79 Å². The Hall–Kier alpha value is -2.72. The molecule has 0 bridgehead atoms. The first-order valence-corrected chi connectivity index (χ1v) is 9.70. The number of carbonyl (C=O) groups excluding carboxylic acids is 2. The predicted octanol–water partition coefficient (Wildman–Crippen LogP) is 3.52. The lowest BCUT2D eigenvalue weighted by molar-refractivity contribution is -0.384. The maximum atomic E-state index is 12.7. The van der Waals surface area contributed by atoms with E-state index in [2.05, 4.69) is 5.32 Å². The number of nitro benzene ring substituents is 1. The van der Waals surface area contributed by atoms with Gasteiger partial charge in [0.2, 0.25) is 0 Å². The van der Waals surface area contributed by atoms with Crippen molar-refractivity contribution in [2.75, 3.05) is 11.9 Å². The molecule has 0 heterocycles. The Labute approximate surface area is 182 Å². The fourth-order valence-electron chi connectivity index (χ4n) is 2.49. The second-order valence-electron chi connectivity index (χ2n) is 6.33. The standard InChI is InChI=1S/C19H20Cl2N4O5/c20-11-4-7-17(30-19(27)15(23)3-1-2-8-22)13(9-11)18(26)24-16-6-5-12(25(28)29)10-14(16)21/h4-7,9-10,15H,1-3,8,22-23H2,(H,24,26)/t15-/m0/s1. The summed E-state index contributed by atoms with van der Waals surface area (Å²) >= 11 is 12.0. The summed E-state index contributed by atoms with van der Waals surface area (Å²) in [5.74, 6) is -1.40. The molecule has 0 aliphatic rings. The minimum Gasteiger partial charge on any atom is -0.425 e. The summed E-state index contributed by atoms with van der Waals surface area (Å²) in [7, 11) is 0. The minimum atomic E-state index is -0.868. The number of nitrogens with one attached hydrogen (secondary N) is 1. The van der Waals surface area contributed by atoms with Gasteiger partial charge in [0.05, 0.1) is 21.2 Å². The normalized spacial score (nSPS) is 11.6. The third kappa shape index (κ3) is 6.39. The number of anilines is 1. The van der Waals surface area contributed by atoms with Gasteiger partial charge in [0.25, 0.3) is 11.6 Å². The zero-order chi connectivity index (χ0) is 22.3. The van der Waals surface area contributed by atoms with Gasteiger partial charge in [-0.15, -0.1) is 0 Å². The summed E-state index contributed by atoms with van der Waals surface area (Å²) in [6.07, 6.45) is 1.79. The molecule has 0 spiro atoms. The van der Waals surface area contributed by atoms with Crippen LogP contribution in [0.1, 0.15) is 29.6 Å². The molecular weight excluding hydrogens is 435 g/mol. The largest absolute Gasteiger partial charge is 0.425 e. The Bertz CT molecular complexity index is 955. The van der Waals surface area contributed by atoms with Crippen LogP contribution < -0.4 is 21.5 Å². The van der Waals surface area contributed by atoms with E-state index in [9.17, 15) is 19.7 Å². The molecule has 0 aliphatic heterocycles. The summed E-state index contributed by atoms with van der Waals surface area (Å²) in [6, 6.07) is 6.88. The number of unbranched alkanes of at least 4 members (excludes halogenated alkanes) is 1. The van der Waals surface area contributed by atoms with E-state index in [0.29, 0.717) is 19.4 Å². The van der Waals surface area contributed by atoms with Gasteiger partial charge in [0.15, 0.2) is 0 Å². The second kappa shape index (κ2) is 10.9. The number of rotatable bonds is 9. The molecule has 0 aromatic heterocycles. The molecule has 0 unspecified atom stereocenters. The van der Waals surface area contributed by atoms with Crippen molar-refractivity contribution in [3.05, 3.63) is 62.1 Å². The number of carbonyl (C=O) groups is 2. The van der Waals surface area contributed by atoms with Crippen molar-refractivity contribution in [2.45, 2.75) is 25.3 Å². The van der Waals surface area contributed by atoms with Crippen LogP contribution in [0.4, 0.5) is 11.4 Å². The number of ether oxygens (including phenoxy) is 1. The fourth-order valence-corrected chi connectivity index (χ4v) is 2.88. The van der Waals surface area contributed by atoms with Crippen LogP contribution in [0.15, 0.2) is 36.4 Å². The van der Waals surface area contributed by atoms with E-state index in [1.165, 1.54) is 30.3 Å². The van der Waals surface area contributed by atoms with Crippen molar-refractivity contribution in [3.8, 4) is 5.75 Å². The predicted molar refractivity (Wildman–Crippen MR) is 114 cm³/mol. The number of nitrogens with two attached hydrogens (primary N) is 2. The Kier molecular flexibility index (Phi) is 8.55. The lowest BCUT2D eigenvalue weighted by atomic mass is 10.1. The summed E-state index contributed by atoms with van der Waals surface area (Å²) in [6.45, 7) is 0.495. The molecule has 2 rings (SSSR count). The number of non-ortho nitro benzene ring substituents is 1. The number of nitro groups is 1. The first kappa shape index (κ1) is 23.6. The summed E-state index contributed by atoms with van der Waals surface area (Å²) in [4.78, 5) is 35.2. The second-order valence-corrected chi connectivity index (χ2v) is 7.17. The number of esters is 1. The van der Waals surface area contributed by atoms with Crippen LogP contribution in [-0.4, -0.2) is 29.4 Å². The molecule has 0 aliphatic carbocycles. The number of hydrogen-bond donors (Lipinski definition) is 3. The van der Waals surface area contributed by atoms with Crippen molar-refractivity contribution >= 4 is 46.5 Å². The molecule has 1 amide bonds. The molecule has 0 fully saturated rings. The average molecular weight is 455 g/mol. The van der Waals surface area contributed by atoms with Crippen LogP contribution in [0, 0.1) is 10.1 Å². The first-order chi connectivity index (χ1) is 14.2. The van der Waals surface area contributed by atoms with Crippen molar-refractivity contribution in [2.24, 2.45) is 11.5 Å². The lowest BCUT2D eigenvalue weighted by Crippen LogP contribution is -2.34. The van der Waals surface area contributed by atoms with E-state index in [-0.39, 0.29) is 32.7 Å². The Morgan fingerprint density at radius 1 is 1.17 bits per heavy atom. The van der Waals surface area contributed by atoms with Crippen molar-refractivity contribution in [1.82, 2.24) is 0 Å². The zero-order valence-corrected chi connectivity index (χ0v) is 17.3. The molecule has 11 heteroatoms. The lowest BCUT2D eigenvalue weighted by Gasteiger charge is -2.14. The quantitative estimate of drug-likeness (QED) is 0.172. The first-order valence-electron chi connectivity index (χ1n) is 8.95. The fraction of sp³-hybridized carbons (Fsp3) is 0.263. The highest BCUT2D eigenvalue weighted by Gasteiger charge is 2.21. The summed E-state index contributed by atoms with van der Waals surface area (Å²) in [5.41, 5.74) is 11.1. The third-order valence-corrected chi connectivity index (χ3v) is 4.63. The Morgan fingerprint density at radius 3 is 2.53 bits per heavy atom. The molecular formula is C19H20Cl2N4O5. The van der Waals surface area contributed by atoms with Crippen LogP contribution in [0.2, 0.25) is 10.0 Å². The average Bonchev–Trinajstić information content (AvgIpc) is 2.70.